The SMILES string of the molecule is Cc1ccc(Nc2nccc(C3CCC(CN)CC3)n2)nc1. The topological polar surface area (TPSA) is 76.7 Å². The summed E-state index contributed by atoms with van der Waals surface area (Å²) in [5.41, 5.74) is 8.03. The Bertz CT molecular complexity index is 603. The molecular formula is C17H23N5. The highest BCUT2D eigenvalue weighted by atomic mass is 15.1. The van der Waals surface area contributed by atoms with Gasteiger partial charge in [-0.3, -0.25) is 0 Å². The number of nitrogens with two attached hydrogens (primary N) is 1. The molecule has 1 aliphatic rings. The first-order valence-electron chi connectivity index (χ1n) is 7.97. The fourth-order valence-corrected chi connectivity index (χ4v) is 3.01. The Kier molecular flexibility index (Phi) is 4.63. The summed E-state index contributed by atoms with van der Waals surface area (Å²) in [5.74, 6) is 2.61. The van der Waals surface area contributed by atoms with Crippen LogP contribution in [0.1, 0.15) is 42.9 Å². The van der Waals surface area contributed by atoms with Gasteiger partial charge in [0.15, 0.2) is 0 Å². The third-order valence-corrected chi connectivity index (χ3v) is 4.43. The van der Waals surface area contributed by atoms with E-state index in [1.54, 1.807) is 0 Å². The van der Waals surface area contributed by atoms with Gasteiger partial charge in [0.05, 0.1) is 0 Å². The summed E-state index contributed by atoms with van der Waals surface area (Å²) in [6.45, 7) is 2.83. The van der Waals surface area contributed by atoms with E-state index in [-0.39, 0.29) is 0 Å². The molecule has 0 unspecified atom stereocenters. The molecule has 1 saturated carbocycles. The third-order valence-electron chi connectivity index (χ3n) is 4.43. The number of rotatable bonds is 4. The summed E-state index contributed by atoms with van der Waals surface area (Å²) in [6, 6.07) is 5.99. The zero-order chi connectivity index (χ0) is 15.4. The zero-order valence-electron chi connectivity index (χ0n) is 13.0. The monoisotopic (exact) mass is 297 g/mol. The zero-order valence-corrected chi connectivity index (χ0v) is 13.0. The maximum Gasteiger partial charge on any atom is 0.228 e. The van der Waals surface area contributed by atoms with Crippen molar-refractivity contribution < 1.29 is 0 Å². The van der Waals surface area contributed by atoms with Gasteiger partial charge < -0.3 is 11.1 Å². The maximum atomic E-state index is 5.77. The van der Waals surface area contributed by atoms with E-state index < -0.39 is 0 Å². The fourth-order valence-electron chi connectivity index (χ4n) is 3.01. The number of pyridine rings is 1. The predicted molar refractivity (Wildman–Crippen MR) is 88.0 cm³/mol. The summed E-state index contributed by atoms with van der Waals surface area (Å²) < 4.78 is 0. The van der Waals surface area contributed by atoms with Crippen molar-refractivity contribution >= 4 is 11.8 Å². The van der Waals surface area contributed by atoms with Crippen molar-refractivity contribution in [3.63, 3.8) is 0 Å². The summed E-state index contributed by atoms with van der Waals surface area (Å²) in [5, 5.41) is 3.18. The van der Waals surface area contributed by atoms with E-state index in [4.69, 9.17) is 5.73 Å². The molecule has 1 aliphatic carbocycles. The number of aromatic nitrogens is 3. The standard InChI is InChI=1S/C17H23N5/c1-12-2-7-16(20-11-12)22-17-19-9-8-15(21-17)14-5-3-13(10-18)4-6-14/h2,7-9,11,13-14H,3-6,10,18H2,1H3,(H,19,20,21,22). The van der Waals surface area contributed by atoms with E-state index in [1.165, 1.54) is 25.7 Å². The normalized spacial score (nSPS) is 21.5. The molecule has 3 rings (SSSR count). The van der Waals surface area contributed by atoms with Crippen LogP contribution in [0.4, 0.5) is 11.8 Å². The molecule has 2 heterocycles. The Morgan fingerprint density at radius 2 is 1.95 bits per heavy atom. The minimum Gasteiger partial charge on any atom is -0.330 e. The van der Waals surface area contributed by atoms with Gasteiger partial charge in [-0.05, 0) is 62.8 Å². The van der Waals surface area contributed by atoms with Crippen LogP contribution in [0.25, 0.3) is 0 Å². The molecule has 0 bridgehead atoms. The Hall–Kier alpha value is -2.01. The number of aryl methyl sites for hydroxylation is 1. The van der Waals surface area contributed by atoms with Gasteiger partial charge in [0.25, 0.3) is 0 Å². The minimum atomic E-state index is 0.525. The minimum absolute atomic E-state index is 0.525. The van der Waals surface area contributed by atoms with Crippen LogP contribution >= 0.6 is 0 Å². The molecule has 22 heavy (non-hydrogen) atoms. The lowest BCUT2D eigenvalue weighted by molar-refractivity contribution is 0.329. The molecule has 0 radical (unpaired) electrons. The quantitative estimate of drug-likeness (QED) is 0.906. The summed E-state index contributed by atoms with van der Waals surface area (Å²) in [7, 11) is 0. The van der Waals surface area contributed by atoms with Gasteiger partial charge in [0.2, 0.25) is 5.95 Å². The van der Waals surface area contributed by atoms with Crippen LogP contribution in [0.3, 0.4) is 0 Å². The van der Waals surface area contributed by atoms with Crippen molar-refractivity contribution in [3.8, 4) is 0 Å². The Morgan fingerprint density at radius 1 is 1.14 bits per heavy atom. The van der Waals surface area contributed by atoms with Crippen LogP contribution in [0.15, 0.2) is 30.6 Å². The lowest BCUT2D eigenvalue weighted by Gasteiger charge is -2.27. The third kappa shape index (κ3) is 3.60. The van der Waals surface area contributed by atoms with E-state index in [2.05, 4.69) is 20.3 Å². The maximum absolute atomic E-state index is 5.77. The van der Waals surface area contributed by atoms with Crippen LogP contribution in [0.5, 0.6) is 0 Å². The second-order valence-electron chi connectivity index (χ2n) is 6.10. The summed E-state index contributed by atoms with van der Waals surface area (Å²) >= 11 is 0. The molecule has 0 saturated heterocycles. The first-order valence-corrected chi connectivity index (χ1v) is 7.97. The second-order valence-corrected chi connectivity index (χ2v) is 6.10. The largest absolute Gasteiger partial charge is 0.330 e. The van der Waals surface area contributed by atoms with Crippen molar-refractivity contribution in [3.05, 3.63) is 41.9 Å². The van der Waals surface area contributed by atoms with Gasteiger partial charge >= 0.3 is 0 Å². The molecule has 0 spiro atoms. The molecule has 0 aromatic carbocycles. The van der Waals surface area contributed by atoms with E-state index in [1.807, 2.05) is 37.5 Å². The molecule has 116 valence electrons. The lowest BCUT2D eigenvalue weighted by atomic mass is 9.80. The fraction of sp³-hybridized carbons (Fsp3) is 0.471. The lowest BCUT2D eigenvalue weighted by Crippen LogP contribution is -2.21. The van der Waals surface area contributed by atoms with Gasteiger partial charge in [0.1, 0.15) is 5.82 Å². The first kappa shape index (κ1) is 14.9. The summed E-state index contributed by atoms with van der Waals surface area (Å²) in [6.07, 6.45) is 8.40. The van der Waals surface area contributed by atoms with Gasteiger partial charge in [-0.1, -0.05) is 6.07 Å². The van der Waals surface area contributed by atoms with Crippen molar-refractivity contribution in [2.45, 2.75) is 38.5 Å². The van der Waals surface area contributed by atoms with Crippen LogP contribution in [0, 0.1) is 12.8 Å². The van der Waals surface area contributed by atoms with Gasteiger partial charge in [0, 0.05) is 24.0 Å². The number of hydrogen-bond acceptors (Lipinski definition) is 5. The van der Waals surface area contributed by atoms with Crippen LogP contribution in [-0.4, -0.2) is 21.5 Å². The smallest absolute Gasteiger partial charge is 0.228 e. The Balaban J connectivity index is 1.68. The van der Waals surface area contributed by atoms with Gasteiger partial charge in [-0.2, -0.15) is 0 Å². The predicted octanol–water partition coefficient (Wildman–Crippen LogP) is 3.16. The van der Waals surface area contributed by atoms with Crippen LogP contribution in [0.2, 0.25) is 0 Å². The highest BCUT2D eigenvalue weighted by molar-refractivity contribution is 5.47. The van der Waals surface area contributed by atoms with Gasteiger partial charge in [-0.25, -0.2) is 15.0 Å². The number of hydrogen-bond donors (Lipinski definition) is 2. The molecule has 3 N–H and O–H groups in total. The molecule has 0 aliphatic heterocycles. The van der Waals surface area contributed by atoms with E-state index in [0.717, 1.165) is 23.6 Å². The average molecular weight is 297 g/mol. The van der Waals surface area contributed by atoms with E-state index in [9.17, 15) is 0 Å². The van der Waals surface area contributed by atoms with Gasteiger partial charge in [-0.15, -0.1) is 0 Å². The molecule has 0 atom stereocenters. The molecule has 0 amide bonds. The molecule has 5 heteroatoms. The first-order chi connectivity index (χ1) is 10.7. The molecule has 2 aromatic rings. The van der Waals surface area contributed by atoms with Crippen molar-refractivity contribution in [1.29, 1.82) is 0 Å². The van der Waals surface area contributed by atoms with E-state index in [0.29, 0.717) is 17.8 Å². The number of anilines is 2. The van der Waals surface area contributed by atoms with E-state index >= 15 is 0 Å². The van der Waals surface area contributed by atoms with Crippen molar-refractivity contribution in [1.82, 2.24) is 15.0 Å². The molecule has 2 aromatic heterocycles. The average Bonchev–Trinajstić information content (AvgIpc) is 2.57. The summed E-state index contributed by atoms with van der Waals surface area (Å²) in [4.78, 5) is 13.3. The molecule has 1 fully saturated rings. The van der Waals surface area contributed by atoms with Crippen molar-refractivity contribution in [2.75, 3.05) is 11.9 Å². The Labute approximate surface area is 131 Å². The van der Waals surface area contributed by atoms with Crippen LogP contribution in [-0.2, 0) is 0 Å². The molecule has 5 nitrogen and oxygen atoms in total. The molecular weight excluding hydrogens is 274 g/mol. The second kappa shape index (κ2) is 6.83. The number of nitrogens with one attached hydrogen (secondary N) is 1. The van der Waals surface area contributed by atoms with Crippen molar-refractivity contribution in [2.24, 2.45) is 11.7 Å². The number of nitrogens with zero attached hydrogens (tertiary/aromatic N) is 3. The highest BCUT2D eigenvalue weighted by Gasteiger charge is 2.22. The Morgan fingerprint density at radius 3 is 2.64 bits per heavy atom. The highest BCUT2D eigenvalue weighted by Crippen LogP contribution is 2.34. The van der Waals surface area contributed by atoms with Crippen LogP contribution < -0.4 is 11.1 Å².